The van der Waals surface area contributed by atoms with Gasteiger partial charge in [0.05, 0.1) is 45.8 Å². The van der Waals surface area contributed by atoms with Crippen molar-refractivity contribution in [2.75, 3.05) is 38.6 Å². The fourth-order valence-electron chi connectivity index (χ4n) is 3.85. The third-order valence-electron chi connectivity index (χ3n) is 6.00. The van der Waals surface area contributed by atoms with Crippen molar-refractivity contribution >= 4 is 23.1 Å². The van der Waals surface area contributed by atoms with Crippen molar-refractivity contribution in [1.82, 2.24) is 0 Å². The second-order valence-electron chi connectivity index (χ2n) is 8.50. The van der Waals surface area contributed by atoms with E-state index in [1.54, 1.807) is 18.2 Å². The van der Waals surface area contributed by atoms with E-state index >= 15 is 0 Å². The molecule has 0 amide bonds. The number of hydrogen-bond donors (Lipinski definition) is 3. The average Bonchev–Trinajstić information content (AvgIpc) is 2.98. The van der Waals surface area contributed by atoms with Gasteiger partial charge in [-0.1, -0.05) is 0 Å². The maximum atomic E-state index is 14.9. The molecule has 0 aliphatic rings. The number of methoxy groups -OCH3 is 3. The number of Topliss-reactive ketones (excluding diaryl/α,β-unsaturated/α-hetero) is 1. The molecular weight excluding hydrogens is 564 g/mol. The van der Waals surface area contributed by atoms with E-state index in [1.165, 1.54) is 27.2 Å². The summed E-state index contributed by atoms with van der Waals surface area (Å²) in [6.07, 6.45) is 0.830. The first-order valence-corrected chi connectivity index (χ1v) is 12.4. The standard InChI is InChI=1S/C29H28F4N2O7/c1-5-42-29(38)19(27(37)18-10-21(31)26(33)28(41-4)25(18)32)13-35-22-11-23(20(30)8-16(22)14-36)34-12-15-6-7-17(39-2)9-24(15)40-3/h6-11,13,34-36H,5,12,14H2,1-4H3/b19-13+. The van der Waals surface area contributed by atoms with Gasteiger partial charge in [0, 0.05) is 35.6 Å². The van der Waals surface area contributed by atoms with Crippen LogP contribution in [0.25, 0.3) is 0 Å². The van der Waals surface area contributed by atoms with Crippen molar-refractivity contribution in [1.29, 1.82) is 0 Å². The van der Waals surface area contributed by atoms with Crippen LogP contribution < -0.4 is 24.8 Å². The molecule has 0 saturated heterocycles. The molecule has 13 heteroatoms. The minimum Gasteiger partial charge on any atom is -0.497 e. The molecule has 0 radical (unpaired) electrons. The van der Waals surface area contributed by atoms with Crippen LogP contribution in [0, 0.1) is 23.3 Å². The number of rotatable bonds is 13. The third kappa shape index (κ3) is 6.92. The summed E-state index contributed by atoms with van der Waals surface area (Å²) < 4.78 is 77.6. The van der Waals surface area contributed by atoms with Crippen LogP contribution in [0.15, 0.2) is 48.2 Å². The molecule has 3 N–H and O–H groups in total. The number of aliphatic hydroxyl groups is 1. The summed E-state index contributed by atoms with van der Waals surface area (Å²) >= 11 is 0. The van der Waals surface area contributed by atoms with Gasteiger partial charge in [0.1, 0.15) is 22.9 Å². The van der Waals surface area contributed by atoms with Crippen molar-refractivity contribution in [3.63, 3.8) is 0 Å². The lowest BCUT2D eigenvalue weighted by Gasteiger charge is -2.16. The van der Waals surface area contributed by atoms with Gasteiger partial charge in [0.2, 0.25) is 11.6 Å². The summed E-state index contributed by atoms with van der Waals surface area (Å²) in [7, 11) is 3.84. The fraction of sp³-hybridized carbons (Fsp3) is 0.241. The SMILES string of the molecule is CCOC(=O)/C(=C/Nc1cc(NCc2ccc(OC)cc2OC)c(F)cc1CO)C(=O)c1cc(F)c(F)c(OC)c1F. The first-order valence-electron chi connectivity index (χ1n) is 12.4. The molecular formula is C29H28F4N2O7. The number of hydrogen-bond acceptors (Lipinski definition) is 9. The minimum atomic E-state index is -1.66. The summed E-state index contributed by atoms with van der Waals surface area (Å²) in [5.74, 6) is -8.18. The van der Waals surface area contributed by atoms with Gasteiger partial charge in [0.15, 0.2) is 17.4 Å². The van der Waals surface area contributed by atoms with Crippen molar-refractivity contribution in [2.24, 2.45) is 0 Å². The highest BCUT2D eigenvalue weighted by atomic mass is 19.2. The van der Waals surface area contributed by atoms with E-state index in [0.717, 1.165) is 19.4 Å². The van der Waals surface area contributed by atoms with Gasteiger partial charge < -0.3 is 34.7 Å². The molecule has 0 heterocycles. The van der Waals surface area contributed by atoms with Crippen LogP contribution in [0.4, 0.5) is 28.9 Å². The summed E-state index contributed by atoms with van der Waals surface area (Å²) in [6, 6.07) is 7.64. The summed E-state index contributed by atoms with van der Waals surface area (Å²) in [6.45, 7) is 0.752. The molecule has 224 valence electrons. The van der Waals surface area contributed by atoms with E-state index in [1.807, 2.05) is 0 Å². The Morgan fingerprint density at radius 2 is 1.62 bits per heavy atom. The Bertz CT molecular complexity index is 1510. The van der Waals surface area contributed by atoms with E-state index in [9.17, 15) is 32.3 Å². The van der Waals surface area contributed by atoms with Gasteiger partial charge in [-0.3, -0.25) is 4.79 Å². The summed E-state index contributed by atoms with van der Waals surface area (Å²) in [4.78, 5) is 25.8. The van der Waals surface area contributed by atoms with Crippen LogP contribution in [-0.2, 0) is 22.7 Å². The largest absolute Gasteiger partial charge is 0.497 e. The van der Waals surface area contributed by atoms with Gasteiger partial charge >= 0.3 is 5.97 Å². The zero-order valence-electron chi connectivity index (χ0n) is 23.1. The van der Waals surface area contributed by atoms with Crippen LogP contribution in [0.1, 0.15) is 28.4 Å². The van der Waals surface area contributed by atoms with E-state index in [0.29, 0.717) is 17.1 Å². The number of esters is 1. The lowest BCUT2D eigenvalue weighted by Crippen LogP contribution is -2.19. The monoisotopic (exact) mass is 592 g/mol. The van der Waals surface area contributed by atoms with Gasteiger partial charge in [-0.15, -0.1) is 0 Å². The van der Waals surface area contributed by atoms with E-state index in [4.69, 9.17) is 14.2 Å². The third-order valence-corrected chi connectivity index (χ3v) is 6.00. The smallest absolute Gasteiger partial charge is 0.343 e. The molecule has 0 fully saturated rings. The zero-order valence-corrected chi connectivity index (χ0v) is 23.1. The Hall–Kier alpha value is -4.78. The van der Waals surface area contributed by atoms with Gasteiger partial charge in [0.25, 0.3) is 0 Å². The fourth-order valence-corrected chi connectivity index (χ4v) is 3.85. The topological polar surface area (TPSA) is 115 Å². The minimum absolute atomic E-state index is 0.0265. The Morgan fingerprint density at radius 1 is 0.881 bits per heavy atom. The Kier molecular flexibility index (Phi) is 10.7. The molecule has 0 saturated carbocycles. The highest BCUT2D eigenvalue weighted by Gasteiger charge is 2.29. The quantitative estimate of drug-likeness (QED) is 0.0474. The maximum absolute atomic E-state index is 14.9. The second kappa shape index (κ2) is 14.2. The number of carbonyl (C=O) groups excluding carboxylic acids is 2. The average molecular weight is 593 g/mol. The number of halogens is 4. The molecule has 0 atom stereocenters. The van der Waals surface area contributed by atoms with Gasteiger partial charge in [-0.25, -0.2) is 18.0 Å². The Labute approximate surface area is 238 Å². The van der Waals surface area contributed by atoms with Crippen molar-refractivity contribution in [3.05, 3.63) is 88.1 Å². The van der Waals surface area contributed by atoms with E-state index in [2.05, 4.69) is 15.4 Å². The van der Waals surface area contributed by atoms with Crippen LogP contribution in [0.2, 0.25) is 0 Å². The van der Waals surface area contributed by atoms with E-state index < -0.39 is 58.5 Å². The summed E-state index contributed by atoms with van der Waals surface area (Å²) in [5.41, 5.74) is -1.06. The van der Waals surface area contributed by atoms with Gasteiger partial charge in [-0.05, 0) is 37.3 Å². The molecule has 3 aromatic carbocycles. The first-order chi connectivity index (χ1) is 20.1. The molecule has 0 unspecified atom stereocenters. The molecule has 0 aliphatic carbocycles. The normalized spacial score (nSPS) is 11.1. The zero-order chi connectivity index (χ0) is 31.0. The number of carbonyl (C=O) groups is 2. The van der Waals surface area contributed by atoms with Crippen LogP contribution >= 0.6 is 0 Å². The van der Waals surface area contributed by atoms with Crippen LogP contribution in [-0.4, -0.2) is 44.8 Å². The number of aliphatic hydroxyl groups excluding tert-OH is 1. The summed E-state index contributed by atoms with van der Waals surface area (Å²) in [5, 5.41) is 15.3. The molecule has 9 nitrogen and oxygen atoms in total. The number of nitrogens with one attached hydrogen (secondary N) is 2. The molecule has 0 spiro atoms. The highest BCUT2D eigenvalue weighted by Crippen LogP contribution is 2.31. The predicted molar refractivity (Wildman–Crippen MR) is 145 cm³/mol. The molecule has 0 aliphatic heterocycles. The predicted octanol–water partition coefficient (Wildman–Crippen LogP) is 5.12. The van der Waals surface area contributed by atoms with Crippen molar-refractivity contribution < 1.29 is 51.2 Å². The van der Waals surface area contributed by atoms with E-state index in [-0.39, 0.29) is 36.2 Å². The lowest BCUT2D eigenvalue weighted by molar-refractivity contribution is -0.138. The molecule has 0 aromatic heterocycles. The van der Waals surface area contributed by atoms with Crippen molar-refractivity contribution in [2.45, 2.75) is 20.1 Å². The lowest BCUT2D eigenvalue weighted by atomic mass is 10.0. The molecule has 0 bridgehead atoms. The number of benzene rings is 3. The molecule has 3 aromatic rings. The molecule has 42 heavy (non-hydrogen) atoms. The van der Waals surface area contributed by atoms with Crippen LogP contribution in [0.5, 0.6) is 17.2 Å². The Morgan fingerprint density at radius 3 is 2.24 bits per heavy atom. The maximum Gasteiger partial charge on any atom is 0.343 e. The van der Waals surface area contributed by atoms with Crippen LogP contribution in [0.3, 0.4) is 0 Å². The number of anilines is 2. The number of ether oxygens (including phenoxy) is 4. The first kappa shape index (κ1) is 31.7. The molecule has 3 rings (SSSR count). The highest BCUT2D eigenvalue weighted by molar-refractivity contribution is 6.24. The van der Waals surface area contributed by atoms with Gasteiger partial charge in [-0.2, -0.15) is 4.39 Å². The number of ketones is 1. The van der Waals surface area contributed by atoms with Crippen molar-refractivity contribution in [3.8, 4) is 17.2 Å². The Balaban J connectivity index is 1.98. The second-order valence-corrected chi connectivity index (χ2v) is 8.50.